The number of nitrogens with one attached hydrogen (secondary N) is 1. The number of methoxy groups -OCH3 is 2. The van der Waals surface area contributed by atoms with Crippen molar-refractivity contribution in [1.82, 2.24) is 10.2 Å². The first-order valence-electron chi connectivity index (χ1n) is 12.0. The Hall–Kier alpha value is -3.34. The lowest BCUT2D eigenvalue weighted by Crippen LogP contribution is -2.53. The van der Waals surface area contributed by atoms with Gasteiger partial charge >= 0.3 is 0 Å². The van der Waals surface area contributed by atoms with Gasteiger partial charge in [0.25, 0.3) is 0 Å². The van der Waals surface area contributed by atoms with Gasteiger partial charge in [-0.1, -0.05) is 26.0 Å². The van der Waals surface area contributed by atoms with E-state index in [2.05, 4.69) is 5.32 Å². The number of carbonyl (C=O) groups is 2. The second kappa shape index (κ2) is 13.3. The Balaban J connectivity index is 2.50. The molecule has 0 heterocycles. The summed E-state index contributed by atoms with van der Waals surface area (Å²) in [5.74, 6) is -0.729. The minimum atomic E-state index is -3.94. The fraction of sp³-hybridized carbons (Fsp3) is 0.462. The molecule has 0 saturated heterocycles. The number of hydrogen-bond acceptors (Lipinski definition) is 6. The molecule has 0 unspecified atom stereocenters. The number of rotatable bonds is 13. The fourth-order valence-corrected chi connectivity index (χ4v) is 4.59. The lowest BCUT2D eigenvalue weighted by Gasteiger charge is -2.33. The number of nitrogens with zero attached hydrogens (tertiary/aromatic N) is 2. The molecule has 2 aromatic carbocycles. The first-order chi connectivity index (χ1) is 17.4. The predicted molar refractivity (Wildman–Crippen MR) is 141 cm³/mol. The fourth-order valence-electron chi connectivity index (χ4n) is 3.73. The molecule has 0 bridgehead atoms. The Morgan fingerprint density at radius 1 is 1.03 bits per heavy atom. The van der Waals surface area contributed by atoms with Gasteiger partial charge in [-0.05, 0) is 49.6 Å². The van der Waals surface area contributed by atoms with E-state index >= 15 is 0 Å². The van der Waals surface area contributed by atoms with Crippen LogP contribution >= 0.6 is 0 Å². The second-order valence-corrected chi connectivity index (χ2v) is 10.6. The largest absolute Gasteiger partial charge is 0.497 e. The van der Waals surface area contributed by atoms with E-state index in [1.807, 2.05) is 13.8 Å². The van der Waals surface area contributed by atoms with Gasteiger partial charge in [-0.15, -0.1) is 0 Å². The maximum atomic E-state index is 13.7. The zero-order chi connectivity index (χ0) is 27.8. The minimum absolute atomic E-state index is 0.0110. The highest BCUT2D eigenvalue weighted by Crippen LogP contribution is 2.33. The molecule has 0 fully saturated rings. The number of halogens is 1. The Bertz CT molecular complexity index is 1170. The van der Waals surface area contributed by atoms with Crippen LogP contribution in [-0.2, 0) is 26.2 Å². The molecule has 2 rings (SSSR count). The summed E-state index contributed by atoms with van der Waals surface area (Å²) in [7, 11) is -1.09. The first-order valence-corrected chi connectivity index (χ1v) is 13.8. The molecular formula is C26H36FN3O6S. The van der Waals surface area contributed by atoms with Gasteiger partial charge in [0.15, 0.2) is 0 Å². The summed E-state index contributed by atoms with van der Waals surface area (Å²) in [5.41, 5.74) is 0.746. The molecule has 2 amide bonds. The third-order valence-electron chi connectivity index (χ3n) is 5.99. The number of sulfonamides is 1. The molecule has 9 nitrogen and oxygen atoms in total. The predicted octanol–water partition coefficient (Wildman–Crippen LogP) is 3.33. The van der Waals surface area contributed by atoms with Gasteiger partial charge in [-0.25, -0.2) is 12.8 Å². The van der Waals surface area contributed by atoms with Crippen LogP contribution in [-0.4, -0.2) is 64.2 Å². The van der Waals surface area contributed by atoms with Crippen molar-refractivity contribution in [2.45, 2.75) is 52.2 Å². The molecule has 0 spiro atoms. The van der Waals surface area contributed by atoms with Crippen molar-refractivity contribution in [2.24, 2.45) is 0 Å². The van der Waals surface area contributed by atoms with Gasteiger partial charge in [-0.2, -0.15) is 0 Å². The molecular weight excluding hydrogens is 501 g/mol. The van der Waals surface area contributed by atoms with E-state index in [4.69, 9.17) is 9.47 Å². The third-order valence-corrected chi connectivity index (χ3v) is 7.11. The van der Waals surface area contributed by atoms with Crippen molar-refractivity contribution >= 4 is 27.5 Å². The summed E-state index contributed by atoms with van der Waals surface area (Å²) in [6.45, 7) is 4.98. The average molecular weight is 538 g/mol. The van der Waals surface area contributed by atoms with Crippen LogP contribution in [0.15, 0.2) is 42.5 Å². The SMILES string of the molecule is CC[C@@H](C)NC(=O)[C@@H](CC)N(Cc1ccc(F)cc1)C(=O)CN(c1ccc(OC)cc1OC)S(C)(=O)=O. The molecule has 0 aliphatic heterocycles. The van der Waals surface area contributed by atoms with Crippen LogP contribution in [0.5, 0.6) is 11.5 Å². The maximum absolute atomic E-state index is 13.7. The lowest BCUT2D eigenvalue weighted by atomic mass is 10.1. The van der Waals surface area contributed by atoms with E-state index in [1.165, 1.54) is 55.5 Å². The topological polar surface area (TPSA) is 105 Å². The van der Waals surface area contributed by atoms with Crippen molar-refractivity contribution in [3.05, 3.63) is 53.8 Å². The number of hydrogen-bond donors (Lipinski definition) is 1. The summed E-state index contributed by atoms with van der Waals surface area (Å²) in [4.78, 5) is 28.2. The molecule has 0 aliphatic carbocycles. The van der Waals surface area contributed by atoms with Crippen LogP contribution < -0.4 is 19.1 Å². The Morgan fingerprint density at radius 2 is 1.68 bits per heavy atom. The molecule has 1 N–H and O–H groups in total. The lowest BCUT2D eigenvalue weighted by molar-refractivity contribution is -0.140. The molecule has 0 aliphatic rings. The first kappa shape index (κ1) is 29.9. The van der Waals surface area contributed by atoms with Crippen LogP contribution in [0.3, 0.4) is 0 Å². The van der Waals surface area contributed by atoms with Crippen molar-refractivity contribution in [1.29, 1.82) is 0 Å². The van der Waals surface area contributed by atoms with E-state index in [0.717, 1.165) is 10.6 Å². The number of ether oxygens (including phenoxy) is 2. The standard InChI is InChI=1S/C26H36FN3O6S/c1-7-18(3)28-26(32)22(8-2)29(16-19-9-11-20(27)12-10-19)25(31)17-30(37(6,33)34)23-14-13-21(35-4)15-24(23)36-5/h9-15,18,22H,7-8,16-17H2,1-6H3,(H,28,32)/t18-,22-/m1/s1. The highest BCUT2D eigenvalue weighted by molar-refractivity contribution is 7.92. The number of anilines is 1. The second-order valence-electron chi connectivity index (χ2n) is 8.70. The Morgan fingerprint density at radius 3 is 2.19 bits per heavy atom. The van der Waals surface area contributed by atoms with E-state index in [0.29, 0.717) is 24.2 Å². The number of carbonyl (C=O) groups excluding carboxylic acids is 2. The molecule has 2 aromatic rings. The van der Waals surface area contributed by atoms with Crippen LogP contribution in [0.4, 0.5) is 10.1 Å². The van der Waals surface area contributed by atoms with Crippen molar-refractivity contribution in [2.75, 3.05) is 31.3 Å². The van der Waals surface area contributed by atoms with Crippen LogP contribution in [0.1, 0.15) is 39.2 Å². The maximum Gasteiger partial charge on any atom is 0.244 e. The van der Waals surface area contributed by atoms with Gasteiger partial charge in [0.2, 0.25) is 21.8 Å². The average Bonchev–Trinajstić information content (AvgIpc) is 2.86. The number of amides is 2. The zero-order valence-electron chi connectivity index (χ0n) is 22.2. The van der Waals surface area contributed by atoms with Gasteiger partial charge in [0.05, 0.1) is 26.2 Å². The summed E-state index contributed by atoms with van der Waals surface area (Å²) >= 11 is 0. The Kier molecular flexibility index (Phi) is 10.7. The summed E-state index contributed by atoms with van der Waals surface area (Å²) in [5, 5.41) is 2.90. The monoisotopic (exact) mass is 537 g/mol. The minimum Gasteiger partial charge on any atom is -0.497 e. The van der Waals surface area contributed by atoms with Crippen molar-refractivity contribution in [3.8, 4) is 11.5 Å². The zero-order valence-corrected chi connectivity index (χ0v) is 23.0. The van der Waals surface area contributed by atoms with E-state index in [9.17, 15) is 22.4 Å². The van der Waals surface area contributed by atoms with Crippen LogP contribution in [0.25, 0.3) is 0 Å². The van der Waals surface area contributed by atoms with Gasteiger partial charge in [0, 0.05) is 18.7 Å². The quantitative estimate of drug-likeness (QED) is 0.420. The van der Waals surface area contributed by atoms with Crippen LogP contribution in [0.2, 0.25) is 0 Å². The van der Waals surface area contributed by atoms with E-state index < -0.39 is 34.3 Å². The van der Waals surface area contributed by atoms with Gasteiger partial charge in [0.1, 0.15) is 29.9 Å². The highest BCUT2D eigenvalue weighted by Gasteiger charge is 2.33. The highest BCUT2D eigenvalue weighted by atomic mass is 32.2. The molecule has 0 aromatic heterocycles. The van der Waals surface area contributed by atoms with Crippen molar-refractivity contribution in [3.63, 3.8) is 0 Å². The number of benzene rings is 2. The van der Waals surface area contributed by atoms with E-state index in [-0.39, 0.29) is 29.9 Å². The molecule has 0 radical (unpaired) electrons. The van der Waals surface area contributed by atoms with Gasteiger partial charge < -0.3 is 19.7 Å². The summed E-state index contributed by atoms with van der Waals surface area (Å²) in [6, 6.07) is 9.17. The summed E-state index contributed by atoms with van der Waals surface area (Å²) < 4.78 is 50.6. The smallest absolute Gasteiger partial charge is 0.244 e. The summed E-state index contributed by atoms with van der Waals surface area (Å²) in [6.07, 6.45) is 1.98. The van der Waals surface area contributed by atoms with Crippen molar-refractivity contribution < 1.29 is 31.9 Å². The van der Waals surface area contributed by atoms with E-state index in [1.54, 1.807) is 13.0 Å². The molecule has 2 atom stereocenters. The van der Waals surface area contributed by atoms with Crippen LogP contribution in [0, 0.1) is 5.82 Å². The molecule has 11 heteroatoms. The van der Waals surface area contributed by atoms with Gasteiger partial charge in [-0.3, -0.25) is 13.9 Å². The molecule has 37 heavy (non-hydrogen) atoms. The third kappa shape index (κ3) is 8.08. The molecule has 204 valence electrons. The normalized spacial score (nSPS) is 12.8. The molecule has 0 saturated carbocycles. The Labute approximate surface area is 218 Å².